The van der Waals surface area contributed by atoms with Crippen LogP contribution in [0.1, 0.15) is 12.6 Å². The third-order valence-electron chi connectivity index (χ3n) is 3.02. The highest BCUT2D eigenvalue weighted by atomic mass is 32.1. The molecular weight excluding hydrogens is 296 g/mol. The van der Waals surface area contributed by atoms with E-state index in [1.165, 1.54) is 0 Å². The summed E-state index contributed by atoms with van der Waals surface area (Å²) in [7, 11) is 0. The molecule has 0 fully saturated rings. The summed E-state index contributed by atoms with van der Waals surface area (Å²) < 4.78 is 5.70. The molecule has 5 nitrogen and oxygen atoms in total. The van der Waals surface area contributed by atoms with Crippen molar-refractivity contribution in [2.75, 3.05) is 11.9 Å². The number of hydrogen-bond acceptors (Lipinski definition) is 6. The minimum Gasteiger partial charge on any atom is -0.490 e. The summed E-state index contributed by atoms with van der Waals surface area (Å²) in [5.74, 6) is 2.09. The zero-order valence-corrected chi connectivity index (χ0v) is 13.2. The van der Waals surface area contributed by atoms with Gasteiger partial charge in [-0.15, -0.1) is 11.3 Å². The van der Waals surface area contributed by atoms with Gasteiger partial charge < -0.3 is 10.1 Å². The third-order valence-corrected chi connectivity index (χ3v) is 3.60. The van der Waals surface area contributed by atoms with Gasteiger partial charge in [0, 0.05) is 22.8 Å². The molecule has 3 aromatic heterocycles. The molecular formula is C16H16N4OS. The van der Waals surface area contributed by atoms with E-state index in [0.29, 0.717) is 18.2 Å². The van der Waals surface area contributed by atoms with E-state index >= 15 is 0 Å². The Morgan fingerprint density at radius 3 is 2.91 bits per heavy atom. The summed E-state index contributed by atoms with van der Waals surface area (Å²) in [6, 6.07) is 7.75. The molecule has 1 N–H and O–H groups in total. The van der Waals surface area contributed by atoms with E-state index in [2.05, 4.69) is 20.3 Å². The molecule has 112 valence electrons. The molecule has 3 aromatic rings. The minimum absolute atomic E-state index is 0.568. The summed E-state index contributed by atoms with van der Waals surface area (Å²) in [6.45, 7) is 4.47. The number of nitrogens with zero attached hydrogens (tertiary/aromatic N) is 3. The number of aromatic nitrogens is 3. The lowest BCUT2D eigenvalue weighted by Gasteiger charge is -2.12. The van der Waals surface area contributed by atoms with Gasteiger partial charge in [0.2, 0.25) is 0 Å². The normalized spacial score (nSPS) is 10.5. The molecule has 0 aromatic carbocycles. The maximum atomic E-state index is 5.70. The van der Waals surface area contributed by atoms with Crippen molar-refractivity contribution in [3.63, 3.8) is 0 Å². The SMILES string of the molecule is CCOc1cc(-c2cscn2)cnc1Nc1cccc(C)n1. The van der Waals surface area contributed by atoms with E-state index in [9.17, 15) is 0 Å². The predicted octanol–water partition coefficient (Wildman–Crippen LogP) is 4.05. The van der Waals surface area contributed by atoms with E-state index in [4.69, 9.17) is 4.74 Å². The van der Waals surface area contributed by atoms with Crippen LogP contribution in [-0.4, -0.2) is 21.6 Å². The monoisotopic (exact) mass is 312 g/mol. The van der Waals surface area contributed by atoms with Crippen LogP contribution in [-0.2, 0) is 0 Å². The summed E-state index contributed by atoms with van der Waals surface area (Å²) >= 11 is 1.56. The average Bonchev–Trinajstić information content (AvgIpc) is 3.04. The van der Waals surface area contributed by atoms with Gasteiger partial charge in [0.05, 0.1) is 17.8 Å². The van der Waals surface area contributed by atoms with E-state index in [1.54, 1.807) is 23.0 Å². The number of thiazole rings is 1. The second-order valence-electron chi connectivity index (χ2n) is 4.67. The number of anilines is 2. The Kier molecular flexibility index (Phi) is 4.29. The lowest BCUT2D eigenvalue weighted by atomic mass is 10.2. The van der Waals surface area contributed by atoms with Crippen molar-refractivity contribution in [1.82, 2.24) is 15.0 Å². The summed E-state index contributed by atoms with van der Waals surface area (Å²) in [6.07, 6.45) is 1.79. The molecule has 0 aliphatic rings. The number of hydrogen-bond donors (Lipinski definition) is 1. The molecule has 6 heteroatoms. The number of pyridine rings is 2. The second kappa shape index (κ2) is 6.53. The van der Waals surface area contributed by atoms with Gasteiger partial charge in [-0.3, -0.25) is 0 Å². The summed E-state index contributed by atoms with van der Waals surface area (Å²) in [4.78, 5) is 13.2. The highest BCUT2D eigenvalue weighted by molar-refractivity contribution is 7.07. The fraction of sp³-hybridized carbons (Fsp3) is 0.188. The number of nitrogens with one attached hydrogen (secondary N) is 1. The standard InChI is InChI=1S/C16H16N4OS/c1-3-21-14-7-12(13-9-22-10-18-13)8-17-16(14)20-15-6-4-5-11(2)19-15/h4-10H,3H2,1-2H3,(H,17,19,20). The van der Waals surface area contributed by atoms with Crippen LogP contribution in [0.4, 0.5) is 11.6 Å². The van der Waals surface area contributed by atoms with Crippen molar-refractivity contribution in [1.29, 1.82) is 0 Å². The predicted molar refractivity (Wildman–Crippen MR) is 88.8 cm³/mol. The highest BCUT2D eigenvalue weighted by Crippen LogP contribution is 2.30. The first-order valence-corrected chi connectivity index (χ1v) is 7.92. The molecule has 0 bridgehead atoms. The molecule has 0 spiro atoms. The van der Waals surface area contributed by atoms with Crippen LogP contribution in [0, 0.1) is 6.92 Å². The zero-order chi connectivity index (χ0) is 15.4. The maximum absolute atomic E-state index is 5.70. The van der Waals surface area contributed by atoms with Crippen molar-refractivity contribution in [2.45, 2.75) is 13.8 Å². The van der Waals surface area contributed by atoms with Gasteiger partial charge in [-0.2, -0.15) is 0 Å². The van der Waals surface area contributed by atoms with E-state index in [0.717, 1.165) is 22.8 Å². The van der Waals surface area contributed by atoms with Crippen LogP contribution in [0.5, 0.6) is 5.75 Å². The van der Waals surface area contributed by atoms with Gasteiger partial charge in [0.1, 0.15) is 5.82 Å². The lowest BCUT2D eigenvalue weighted by molar-refractivity contribution is 0.341. The molecule has 3 rings (SSSR count). The van der Waals surface area contributed by atoms with Crippen LogP contribution in [0.25, 0.3) is 11.3 Å². The topological polar surface area (TPSA) is 59.9 Å². The fourth-order valence-corrected chi connectivity index (χ4v) is 2.59. The molecule has 0 unspecified atom stereocenters. The molecule has 3 heterocycles. The van der Waals surface area contributed by atoms with Crippen molar-refractivity contribution >= 4 is 23.0 Å². The van der Waals surface area contributed by atoms with Crippen LogP contribution < -0.4 is 10.1 Å². The largest absolute Gasteiger partial charge is 0.490 e. The lowest BCUT2D eigenvalue weighted by Crippen LogP contribution is -2.02. The van der Waals surface area contributed by atoms with Crippen molar-refractivity contribution < 1.29 is 4.74 Å². The number of ether oxygens (including phenoxy) is 1. The Balaban J connectivity index is 1.93. The number of rotatable bonds is 5. The first kappa shape index (κ1) is 14.5. The quantitative estimate of drug-likeness (QED) is 0.770. The molecule has 0 saturated heterocycles. The average molecular weight is 312 g/mol. The molecule has 0 aliphatic heterocycles. The van der Waals surface area contributed by atoms with Crippen LogP contribution in [0.2, 0.25) is 0 Å². The van der Waals surface area contributed by atoms with Crippen molar-refractivity contribution in [3.8, 4) is 17.0 Å². The highest BCUT2D eigenvalue weighted by Gasteiger charge is 2.10. The molecule has 22 heavy (non-hydrogen) atoms. The minimum atomic E-state index is 0.568. The zero-order valence-electron chi connectivity index (χ0n) is 12.4. The van der Waals surface area contributed by atoms with E-state index < -0.39 is 0 Å². The number of aryl methyl sites for hydroxylation is 1. The van der Waals surface area contributed by atoms with Gasteiger partial charge in [0.25, 0.3) is 0 Å². The van der Waals surface area contributed by atoms with Crippen LogP contribution in [0.15, 0.2) is 41.4 Å². The Morgan fingerprint density at radius 2 is 2.18 bits per heavy atom. The molecule has 0 amide bonds. The Morgan fingerprint density at radius 1 is 1.27 bits per heavy atom. The molecule has 0 atom stereocenters. The van der Waals surface area contributed by atoms with Gasteiger partial charge >= 0.3 is 0 Å². The van der Waals surface area contributed by atoms with Crippen molar-refractivity contribution in [2.24, 2.45) is 0 Å². The Hall–Kier alpha value is -2.47. The van der Waals surface area contributed by atoms with Crippen LogP contribution in [0.3, 0.4) is 0 Å². The van der Waals surface area contributed by atoms with Gasteiger partial charge in [-0.25, -0.2) is 15.0 Å². The first-order valence-electron chi connectivity index (χ1n) is 6.98. The summed E-state index contributed by atoms with van der Waals surface area (Å²) in [5.41, 5.74) is 4.59. The second-order valence-corrected chi connectivity index (χ2v) is 5.39. The maximum Gasteiger partial charge on any atom is 0.174 e. The van der Waals surface area contributed by atoms with Crippen molar-refractivity contribution in [3.05, 3.63) is 47.0 Å². The smallest absolute Gasteiger partial charge is 0.174 e. The van der Waals surface area contributed by atoms with Gasteiger partial charge in [-0.1, -0.05) is 6.07 Å². The Bertz CT molecular complexity index is 759. The third kappa shape index (κ3) is 3.23. The first-order chi connectivity index (χ1) is 10.8. The Labute approximate surface area is 133 Å². The fourth-order valence-electron chi connectivity index (χ4n) is 2.03. The van der Waals surface area contributed by atoms with Gasteiger partial charge in [-0.05, 0) is 32.0 Å². The molecule has 0 aliphatic carbocycles. The van der Waals surface area contributed by atoms with Crippen LogP contribution >= 0.6 is 11.3 Å². The summed E-state index contributed by atoms with van der Waals surface area (Å²) in [5, 5.41) is 5.19. The molecule has 0 radical (unpaired) electrons. The van der Waals surface area contributed by atoms with E-state index in [-0.39, 0.29) is 0 Å². The van der Waals surface area contributed by atoms with Gasteiger partial charge in [0.15, 0.2) is 11.6 Å². The molecule has 0 saturated carbocycles. The van der Waals surface area contributed by atoms with E-state index in [1.807, 2.05) is 43.5 Å².